The molecule has 0 unspecified atom stereocenters. The minimum Gasteiger partial charge on any atom is -0.373 e. The molecule has 1 N–H and O–H groups in total. The van der Waals surface area contributed by atoms with Crippen LogP contribution in [0.15, 0.2) is 35.2 Å². The summed E-state index contributed by atoms with van der Waals surface area (Å²) in [7, 11) is -0.324. The molecule has 0 aromatic heterocycles. The van der Waals surface area contributed by atoms with Gasteiger partial charge in [-0.3, -0.25) is 15.0 Å². The lowest BCUT2D eigenvalue weighted by atomic mass is 10.1. The highest BCUT2D eigenvalue weighted by atomic mass is 32.2. The molecule has 2 saturated heterocycles. The number of likely N-dealkylation sites (N-methyl/N-ethyl adjacent to an activating group) is 2. The van der Waals surface area contributed by atoms with Crippen LogP contribution >= 0.6 is 0 Å². The molecule has 13 heteroatoms. The second-order valence-corrected chi connectivity index (χ2v) is 12.9. The van der Waals surface area contributed by atoms with Gasteiger partial charge in [0.15, 0.2) is 0 Å². The largest absolute Gasteiger partial charge is 0.373 e. The van der Waals surface area contributed by atoms with Crippen molar-refractivity contribution < 1.29 is 22.5 Å². The Labute approximate surface area is 242 Å². The third kappa shape index (κ3) is 7.72. The van der Waals surface area contributed by atoms with Gasteiger partial charge in [0.2, 0.25) is 10.0 Å². The van der Waals surface area contributed by atoms with Crippen molar-refractivity contribution >= 4 is 27.1 Å². The average Bonchev–Trinajstić information content (AvgIpc) is 2.89. The second kappa shape index (κ2) is 13.0. The SMILES string of the molecule is Cc1c(S(=O)(=O)NCc2cc(F)cc(N3CCN(C)CC3)c2)ccc(N(C)CCN2C[C@@H](C)O[C@@H](C)C2)c1[N+](=O)[O-]. The van der Waals surface area contributed by atoms with Crippen LogP contribution in [-0.4, -0.2) is 102 Å². The first-order valence-electron chi connectivity index (χ1n) is 13.9. The Morgan fingerprint density at radius 1 is 1.12 bits per heavy atom. The van der Waals surface area contributed by atoms with E-state index in [0.717, 1.165) is 39.3 Å². The summed E-state index contributed by atoms with van der Waals surface area (Å²) in [5.41, 5.74) is 1.33. The van der Waals surface area contributed by atoms with Crippen molar-refractivity contribution in [2.24, 2.45) is 0 Å². The minimum absolute atomic E-state index is 0.0536. The molecule has 11 nitrogen and oxygen atoms in total. The normalized spacial score (nSPS) is 20.8. The minimum atomic E-state index is -4.12. The van der Waals surface area contributed by atoms with Gasteiger partial charge in [-0.2, -0.15) is 0 Å². The molecule has 0 saturated carbocycles. The number of nitro groups is 1. The highest BCUT2D eigenvalue weighted by Crippen LogP contribution is 2.35. The number of nitrogens with zero attached hydrogens (tertiary/aromatic N) is 5. The van der Waals surface area contributed by atoms with Gasteiger partial charge in [-0.25, -0.2) is 17.5 Å². The van der Waals surface area contributed by atoms with E-state index < -0.39 is 20.8 Å². The first kappa shape index (κ1) is 31.1. The van der Waals surface area contributed by atoms with Crippen LogP contribution in [0, 0.1) is 22.9 Å². The Bertz CT molecular complexity index is 1340. The molecule has 2 aliphatic rings. The first-order valence-corrected chi connectivity index (χ1v) is 15.4. The summed E-state index contributed by atoms with van der Waals surface area (Å²) in [6.45, 7) is 11.3. The van der Waals surface area contributed by atoms with E-state index >= 15 is 0 Å². The Kier molecular flexibility index (Phi) is 9.85. The molecule has 2 fully saturated rings. The summed E-state index contributed by atoms with van der Waals surface area (Å²) in [5, 5.41) is 12.1. The molecule has 0 amide bonds. The lowest BCUT2D eigenvalue weighted by Gasteiger charge is -2.36. The van der Waals surface area contributed by atoms with Gasteiger partial charge in [0.25, 0.3) is 5.69 Å². The summed E-state index contributed by atoms with van der Waals surface area (Å²) in [6, 6.07) is 7.41. The van der Waals surface area contributed by atoms with Crippen molar-refractivity contribution in [3.8, 4) is 0 Å². The lowest BCUT2D eigenvalue weighted by Crippen LogP contribution is -2.47. The smallest absolute Gasteiger partial charge is 0.296 e. The summed E-state index contributed by atoms with van der Waals surface area (Å²) in [5.74, 6) is -0.448. The van der Waals surface area contributed by atoms with Crippen LogP contribution in [0.5, 0.6) is 0 Å². The number of anilines is 2. The van der Waals surface area contributed by atoms with E-state index in [4.69, 9.17) is 4.74 Å². The fourth-order valence-electron chi connectivity index (χ4n) is 5.61. The zero-order chi connectivity index (χ0) is 29.9. The fourth-order valence-corrected chi connectivity index (χ4v) is 6.87. The van der Waals surface area contributed by atoms with Gasteiger partial charge in [0.1, 0.15) is 11.5 Å². The molecule has 0 aliphatic carbocycles. The van der Waals surface area contributed by atoms with E-state index in [1.165, 1.54) is 31.2 Å². The van der Waals surface area contributed by atoms with E-state index in [-0.39, 0.29) is 34.9 Å². The van der Waals surface area contributed by atoms with E-state index in [1.54, 1.807) is 18.0 Å². The van der Waals surface area contributed by atoms with Crippen LogP contribution in [0.3, 0.4) is 0 Å². The third-order valence-corrected chi connectivity index (χ3v) is 9.31. The highest BCUT2D eigenvalue weighted by molar-refractivity contribution is 7.89. The number of sulfonamides is 1. The molecular formula is C28H41FN6O5S. The van der Waals surface area contributed by atoms with Gasteiger partial charge in [-0.15, -0.1) is 0 Å². The molecule has 2 atom stereocenters. The van der Waals surface area contributed by atoms with Crippen LogP contribution in [0.25, 0.3) is 0 Å². The predicted molar refractivity (Wildman–Crippen MR) is 158 cm³/mol. The number of hydrogen-bond donors (Lipinski definition) is 1. The maximum absolute atomic E-state index is 14.4. The van der Waals surface area contributed by atoms with E-state index in [0.29, 0.717) is 30.0 Å². The van der Waals surface area contributed by atoms with E-state index in [2.05, 4.69) is 19.4 Å². The van der Waals surface area contributed by atoms with E-state index in [9.17, 15) is 22.9 Å². The van der Waals surface area contributed by atoms with E-state index in [1.807, 2.05) is 20.9 Å². The molecule has 0 spiro atoms. The third-order valence-electron chi connectivity index (χ3n) is 7.77. The highest BCUT2D eigenvalue weighted by Gasteiger charge is 2.29. The molecular weight excluding hydrogens is 551 g/mol. The van der Waals surface area contributed by atoms with Crippen LogP contribution in [0.2, 0.25) is 0 Å². The number of benzene rings is 2. The number of nitrogens with one attached hydrogen (secondary N) is 1. The predicted octanol–water partition coefficient (Wildman–Crippen LogP) is 2.82. The molecule has 0 radical (unpaired) electrons. The van der Waals surface area contributed by atoms with Crippen molar-refractivity contribution in [2.75, 3.05) is 76.3 Å². The Morgan fingerprint density at radius 2 is 1.78 bits per heavy atom. The monoisotopic (exact) mass is 592 g/mol. The molecule has 2 heterocycles. The van der Waals surface area contributed by atoms with Gasteiger partial charge >= 0.3 is 0 Å². The van der Waals surface area contributed by atoms with Crippen molar-refractivity contribution in [3.63, 3.8) is 0 Å². The van der Waals surface area contributed by atoms with Crippen LogP contribution in [0.1, 0.15) is 25.0 Å². The van der Waals surface area contributed by atoms with Crippen molar-refractivity contribution in [3.05, 3.63) is 57.4 Å². The van der Waals surface area contributed by atoms with Crippen molar-refractivity contribution in [1.29, 1.82) is 0 Å². The molecule has 41 heavy (non-hydrogen) atoms. The van der Waals surface area contributed by atoms with Gasteiger partial charge in [0.05, 0.1) is 22.0 Å². The zero-order valence-corrected chi connectivity index (χ0v) is 25.3. The first-order chi connectivity index (χ1) is 19.3. The van der Waals surface area contributed by atoms with Crippen molar-refractivity contribution in [1.82, 2.24) is 14.5 Å². The standard InChI is InChI=1S/C28H41FN6O5S/c1-20-18-33(19-21(2)40-20)11-10-32(5)26-6-7-27(22(3)28(26)35(36)37)41(38,39)30-17-23-14-24(29)16-25(15-23)34-12-8-31(4)9-13-34/h6-7,14-16,20-21,30H,8-13,17-19H2,1-5H3/t20-,21+. The van der Waals surface area contributed by atoms with Crippen LogP contribution in [0.4, 0.5) is 21.5 Å². The Morgan fingerprint density at radius 3 is 2.41 bits per heavy atom. The maximum Gasteiger partial charge on any atom is 0.296 e. The number of hydrogen-bond acceptors (Lipinski definition) is 9. The summed E-state index contributed by atoms with van der Waals surface area (Å²) in [6.07, 6.45) is 0.228. The number of piperazine rings is 1. The number of nitro benzene ring substituents is 1. The van der Waals surface area contributed by atoms with Crippen LogP contribution in [-0.2, 0) is 21.3 Å². The molecule has 4 rings (SSSR count). The van der Waals surface area contributed by atoms with Gasteiger partial charge in [-0.1, -0.05) is 0 Å². The molecule has 2 aromatic rings. The molecule has 2 aliphatic heterocycles. The van der Waals surface area contributed by atoms with Gasteiger partial charge < -0.3 is 19.4 Å². The van der Waals surface area contributed by atoms with Crippen LogP contribution < -0.4 is 14.5 Å². The summed E-state index contributed by atoms with van der Waals surface area (Å²) >= 11 is 0. The number of morpholine rings is 1. The quantitative estimate of drug-likeness (QED) is 0.329. The van der Waals surface area contributed by atoms with Gasteiger partial charge in [0, 0.05) is 77.2 Å². The summed E-state index contributed by atoms with van der Waals surface area (Å²) < 4.78 is 49.4. The van der Waals surface area contributed by atoms with Crippen molar-refractivity contribution in [2.45, 2.75) is 44.4 Å². The topological polar surface area (TPSA) is 112 Å². The number of halogens is 1. The Balaban J connectivity index is 1.48. The molecule has 226 valence electrons. The molecule has 0 bridgehead atoms. The Hall–Kier alpha value is -2.84. The zero-order valence-electron chi connectivity index (χ0n) is 24.5. The lowest BCUT2D eigenvalue weighted by molar-refractivity contribution is -0.384. The second-order valence-electron chi connectivity index (χ2n) is 11.2. The average molecular weight is 593 g/mol. The maximum atomic E-state index is 14.4. The fraction of sp³-hybridized carbons (Fsp3) is 0.571. The van der Waals surface area contributed by atoms with Gasteiger partial charge in [-0.05, 0) is 63.7 Å². The summed E-state index contributed by atoms with van der Waals surface area (Å²) in [4.78, 5) is 19.7. The number of rotatable bonds is 10. The molecule has 2 aromatic carbocycles. The number of ether oxygens (including phenoxy) is 1.